The van der Waals surface area contributed by atoms with Gasteiger partial charge in [0.1, 0.15) is 17.2 Å². The largest absolute Gasteiger partial charge is 0.350 e. The van der Waals surface area contributed by atoms with E-state index in [4.69, 9.17) is 0 Å². The van der Waals surface area contributed by atoms with Crippen molar-refractivity contribution in [1.29, 1.82) is 0 Å². The summed E-state index contributed by atoms with van der Waals surface area (Å²) < 4.78 is 26.8. The lowest BCUT2D eigenvalue weighted by Gasteiger charge is -2.08. The zero-order valence-electron chi connectivity index (χ0n) is 11.6. The monoisotopic (exact) mass is 304 g/mol. The Bertz CT molecular complexity index is 655. The van der Waals surface area contributed by atoms with Crippen LogP contribution in [0.2, 0.25) is 0 Å². The van der Waals surface area contributed by atoms with Gasteiger partial charge in [-0.1, -0.05) is 24.3 Å². The summed E-state index contributed by atoms with van der Waals surface area (Å²) >= 11 is 0. The van der Waals surface area contributed by atoms with Gasteiger partial charge in [-0.3, -0.25) is 9.59 Å². The van der Waals surface area contributed by atoms with E-state index in [1.807, 2.05) is 0 Å². The van der Waals surface area contributed by atoms with Gasteiger partial charge in [-0.05, 0) is 24.3 Å². The summed E-state index contributed by atoms with van der Waals surface area (Å²) in [7, 11) is 0. The fourth-order valence-electron chi connectivity index (χ4n) is 1.85. The lowest BCUT2D eigenvalue weighted by atomic mass is 10.2. The molecule has 0 spiro atoms. The maximum Gasteiger partial charge on any atom is 0.257 e. The van der Waals surface area contributed by atoms with Crippen LogP contribution in [0, 0.1) is 11.6 Å². The van der Waals surface area contributed by atoms with Crippen molar-refractivity contribution in [2.24, 2.45) is 0 Å². The zero-order chi connectivity index (χ0) is 15.9. The van der Waals surface area contributed by atoms with E-state index in [9.17, 15) is 18.4 Å². The molecule has 0 aliphatic carbocycles. The lowest BCUT2D eigenvalue weighted by Crippen LogP contribution is -2.35. The van der Waals surface area contributed by atoms with Crippen molar-refractivity contribution in [1.82, 2.24) is 10.6 Å². The minimum atomic E-state index is -0.925. The fourth-order valence-corrected chi connectivity index (χ4v) is 1.85. The number of hydrogen-bond acceptors (Lipinski definition) is 2. The molecule has 0 aliphatic rings. The predicted molar refractivity (Wildman–Crippen MR) is 77.5 cm³/mol. The van der Waals surface area contributed by atoms with Gasteiger partial charge in [-0.15, -0.1) is 0 Å². The van der Waals surface area contributed by atoms with Crippen molar-refractivity contribution >= 4 is 11.8 Å². The van der Waals surface area contributed by atoms with Crippen LogP contribution in [0.1, 0.15) is 20.7 Å². The highest BCUT2D eigenvalue weighted by Crippen LogP contribution is 2.11. The lowest BCUT2D eigenvalue weighted by molar-refractivity contribution is 0.0922. The quantitative estimate of drug-likeness (QED) is 0.831. The highest BCUT2D eigenvalue weighted by atomic mass is 19.1. The first kappa shape index (κ1) is 15.6. The van der Waals surface area contributed by atoms with Crippen LogP contribution in [0.25, 0.3) is 0 Å². The molecule has 0 saturated heterocycles. The molecule has 0 heterocycles. The van der Waals surface area contributed by atoms with E-state index in [2.05, 4.69) is 10.6 Å². The number of carbonyl (C=O) groups excluding carboxylic acids is 2. The van der Waals surface area contributed by atoms with Crippen molar-refractivity contribution in [3.05, 3.63) is 71.3 Å². The van der Waals surface area contributed by atoms with Gasteiger partial charge >= 0.3 is 0 Å². The second-order valence-corrected chi connectivity index (χ2v) is 4.47. The van der Waals surface area contributed by atoms with Gasteiger partial charge in [0.25, 0.3) is 11.8 Å². The normalized spacial score (nSPS) is 10.1. The third-order valence-electron chi connectivity index (χ3n) is 2.92. The molecule has 6 heteroatoms. The van der Waals surface area contributed by atoms with E-state index in [0.29, 0.717) is 5.56 Å². The number of hydrogen-bond donors (Lipinski definition) is 2. The summed E-state index contributed by atoms with van der Waals surface area (Å²) in [5, 5.41) is 4.95. The average Bonchev–Trinajstić information content (AvgIpc) is 2.52. The first-order valence-electron chi connectivity index (χ1n) is 6.65. The predicted octanol–water partition coefficient (Wildman–Crippen LogP) is 2.12. The molecular formula is C16H14F2N2O2. The van der Waals surface area contributed by atoms with Crippen molar-refractivity contribution in [2.75, 3.05) is 13.1 Å². The molecule has 0 aliphatic heterocycles. The van der Waals surface area contributed by atoms with E-state index < -0.39 is 23.1 Å². The SMILES string of the molecule is O=C(NCCNC(=O)c1c(F)cccc1F)c1ccccc1. The maximum absolute atomic E-state index is 13.4. The third kappa shape index (κ3) is 3.88. The van der Waals surface area contributed by atoms with Crippen LogP contribution >= 0.6 is 0 Å². The molecule has 2 aromatic carbocycles. The topological polar surface area (TPSA) is 58.2 Å². The molecule has 0 unspecified atom stereocenters. The van der Waals surface area contributed by atoms with Crippen LogP contribution in [0.15, 0.2) is 48.5 Å². The fraction of sp³-hybridized carbons (Fsp3) is 0.125. The smallest absolute Gasteiger partial charge is 0.257 e. The molecule has 0 fully saturated rings. The van der Waals surface area contributed by atoms with Crippen molar-refractivity contribution < 1.29 is 18.4 Å². The van der Waals surface area contributed by atoms with E-state index in [1.54, 1.807) is 30.3 Å². The highest BCUT2D eigenvalue weighted by molar-refractivity contribution is 5.95. The Hall–Kier alpha value is -2.76. The second-order valence-electron chi connectivity index (χ2n) is 4.47. The third-order valence-corrected chi connectivity index (χ3v) is 2.92. The molecule has 22 heavy (non-hydrogen) atoms. The Kier molecular flexibility index (Phi) is 5.19. The van der Waals surface area contributed by atoms with Crippen molar-refractivity contribution in [3.63, 3.8) is 0 Å². The van der Waals surface area contributed by atoms with Gasteiger partial charge in [-0.2, -0.15) is 0 Å². The van der Waals surface area contributed by atoms with Gasteiger partial charge in [-0.25, -0.2) is 8.78 Å². The Morgan fingerprint density at radius 2 is 1.32 bits per heavy atom. The molecule has 0 atom stereocenters. The van der Waals surface area contributed by atoms with E-state index in [-0.39, 0.29) is 19.0 Å². The van der Waals surface area contributed by atoms with Crippen molar-refractivity contribution in [3.8, 4) is 0 Å². The number of amides is 2. The van der Waals surface area contributed by atoms with Crippen LogP contribution < -0.4 is 10.6 Å². The van der Waals surface area contributed by atoms with Gasteiger partial charge in [0.05, 0.1) is 0 Å². The maximum atomic E-state index is 13.4. The first-order chi connectivity index (χ1) is 10.6. The zero-order valence-corrected chi connectivity index (χ0v) is 11.6. The van der Waals surface area contributed by atoms with E-state index in [1.165, 1.54) is 6.07 Å². The van der Waals surface area contributed by atoms with Gasteiger partial charge in [0.2, 0.25) is 0 Å². The molecular weight excluding hydrogens is 290 g/mol. The van der Waals surface area contributed by atoms with Gasteiger partial charge < -0.3 is 10.6 Å². The second kappa shape index (κ2) is 7.31. The Morgan fingerprint density at radius 1 is 0.773 bits per heavy atom. The molecule has 0 aromatic heterocycles. The molecule has 0 radical (unpaired) electrons. The van der Waals surface area contributed by atoms with E-state index >= 15 is 0 Å². The van der Waals surface area contributed by atoms with Crippen LogP contribution in [0.4, 0.5) is 8.78 Å². The van der Waals surface area contributed by atoms with Crippen LogP contribution in [-0.4, -0.2) is 24.9 Å². The summed E-state index contributed by atoms with van der Waals surface area (Å²) in [4.78, 5) is 23.4. The Labute approximate surface area is 126 Å². The number of nitrogens with one attached hydrogen (secondary N) is 2. The molecule has 4 nitrogen and oxygen atoms in total. The minimum Gasteiger partial charge on any atom is -0.350 e. The Balaban J connectivity index is 1.82. The summed E-state index contributed by atoms with van der Waals surface area (Å²) in [6, 6.07) is 11.8. The minimum absolute atomic E-state index is 0.0607. The Morgan fingerprint density at radius 3 is 1.91 bits per heavy atom. The first-order valence-corrected chi connectivity index (χ1v) is 6.65. The summed E-state index contributed by atoms with van der Waals surface area (Å²) in [6.45, 7) is 0.209. The number of benzene rings is 2. The number of carbonyl (C=O) groups is 2. The van der Waals surface area contributed by atoms with Crippen LogP contribution in [0.3, 0.4) is 0 Å². The van der Waals surface area contributed by atoms with E-state index in [0.717, 1.165) is 12.1 Å². The molecule has 114 valence electrons. The highest BCUT2D eigenvalue weighted by Gasteiger charge is 2.16. The standard InChI is InChI=1S/C16H14F2N2O2/c17-12-7-4-8-13(18)14(12)16(22)20-10-9-19-15(21)11-5-2-1-3-6-11/h1-8H,9-10H2,(H,19,21)(H,20,22). The van der Waals surface area contributed by atoms with Gasteiger partial charge in [0, 0.05) is 18.7 Å². The summed E-state index contributed by atoms with van der Waals surface area (Å²) in [6.07, 6.45) is 0. The summed E-state index contributed by atoms with van der Waals surface area (Å²) in [5.74, 6) is -2.99. The van der Waals surface area contributed by atoms with Gasteiger partial charge in [0.15, 0.2) is 0 Å². The molecule has 2 N–H and O–H groups in total. The molecule has 2 aromatic rings. The van der Waals surface area contributed by atoms with Crippen LogP contribution in [0.5, 0.6) is 0 Å². The molecule has 2 rings (SSSR count). The average molecular weight is 304 g/mol. The van der Waals surface area contributed by atoms with Crippen molar-refractivity contribution in [2.45, 2.75) is 0 Å². The van der Waals surface area contributed by atoms with Crippen LogP contribution in [-0.2, 0) is 0 Å². The molecule has 0 saturated carbocycles. The molecule has 2 amide bonds. The summed E-state index contributed by atoms with van der Waals surface area (Å²) in [5.41, 5.74) is -0.133. The number of rotatable bonds is 5. The molecule has 0 bridgehead atoms. The number of halogens is 2.